The van der Waals surface area contributed by atoms with Crippen LogP contribution < -0.4 is 5.32 Å². The van der Waals surface area contributed by atoms with E-state index >= 15 is 0 Å². The molecule has 0 bridgehead atoms. The summed E-state index contributed by atoms with van der Waals surface area (Å²) in [6, 6.07) is 0.162. The zero-order chi connectivity index (χ0) is 12.9. The number of hydrogen-bond acceptors (Lipinski definition) is 3. The van der Waals surface area contributed by atoms with Crippen LogP contribution in [-0.4, -0.2) is 30.6 Å². The molecular formula is C14H23NO2. The molecule has 0 spiro atoms. The van der Waals surface area contributed by atoms with Gasteiger partial charge in [-0.05, 0) is 20.3 Å². The Morgan fingerprint density at radius 3 is 2.47 bits per heavy atom. The normalized spacial score (nSPS) is 28.6. The summed E-state index contributed by atoms with van der Waals surface area (Å²) in [6.45, 7) is 15.9. The van der Waals surface area contributed by atoms with Crippen molar-refractivity contribution in [3.8, 4) is 0 Å². The predicted molar refractivity (Wildman–Crippen MR) is 70.8 cm³/mol. The second-order valence-electron chi connectivity index (χ2n) is 4.63. The monoisotopic (exact) mass is 237 g/mol. The van der Waals surface area contributed by atoms with Crippen LogP contribution in [0.5, 0.6) is 0 Å². The topological polar surface area (TPSA) is 30.5 Å². The molecule has 0 saturated carbocycles. The van der Waals surface area contributed by atoms with Gasteiger partial charge in [-0.2, -0.15) is 0 Å². The average molecular weight is 237 g/mol. The van der Waals surface area contributed by atoms with E-state index in [0.29, 0.717) is 0 Å². The molecule has 3 atom stereocenters. The summed E-state index contributed by atoms with van der Waals surface area (Å²) in [4.78, 5) is 0. The van der Waals surface area contributed by atoms with E-state index in [1.54, 1.807) is 6.08 Å². The lowest BCUT2D eigenvalue weighted by Crippen LogP contribution is -2.44. The largest absolute Gasteiger partial charge is 0.343 e. The third-order valence-corrected chi connectivity index (χ3v) is 2.74. The highest BCUT2D eigenvalue weighted by atomic mass is 16.8. The highest BCUT2D eigenvalue weighted by Crippen LogP contribution is 2.31. The maximum atomic E-state index is 5.93. The van der Waals surface area contributed by atoms with Crippen LogP contribution in [0.4, 0.5) is 0 Å². The van der Waals surface area contributed by atoms with Crippen LogP contribution in [0, 0.1) is 0 Å². The van der Waals surface area contributed by atoms with Crippen molar-refractivity contribution in [1.82, 2.24) is 5.32 Å². The fourth-order valence-corrected chi connectivity index (χ4v) is 2.06. The first-order valence-electron chi connectivity index (χ1n) is 5.97. The van der Waals surface area contributed by atoms with Gasteiger partial charge in [0.1, 0.15) is 12.2 Å². The zero-order valence-corrected chi connectivity index (χ0v) is 10.8. The molecule has 17 heavy (non-hydrogen) atoms. The van der Waals surface area contributed by atoms with Gasteiger partial charge in [0.2, 0.25) is 0 Å². The lowest BCUT2D eigenvalue weighted by molar-refractivity contribution is -0.145. The lowest BCUT2D eigenvalue weighted by atomic mass is 10.0. The van der Waals surface area contributed by atoms with E-state index in [1.165, 1.54) is 0 Å². The van der Waals surface area contributed by atoms with Crippen molar-refractivity contribution in [2.75, 3.05) is 6.54 Å². The molecule has 96 valence electrons. The van der Waals surface area contributed by atoms with Gasteiger partial charge in [-0.1, -0.05) is 18.2 Å². The van der Waals surface area contributed by atoms with Gasteiger partial charge in [0.25, 0.3) is 0 Å². The third-order valence-electron chi connectivity index (χ3n) is 2.74. The minimum Gasteiger partial charge on any atom is -0.343 e. The Morgan fingerprint density at radius 2 is 1.94 bits per heavy atom. The van der Waals surface area contributed by atoms with Gasteiger partial charge in [-0.25, -0.2) is 0 Å². The summed E-state index contributed by atoms with van der Waals surface area (Å²) < 4.78 is 11.7. The maximum absolute atomic E-state index is 5.93. The van der Waals surface area contributed by atoms with E-state index in [1.807, 2.05) is 26.0 Å². The van der Waals surface area contributed by atoms with Crippen LogP contribution in [0.3, 0.4) is 0 Å². The molecule has 0 amide bonds. The quantitative estimate of drug-likeness (QED) is 0.690. The number of hydrogen-bond donors (Lipinski definition) is 1. The standard InChI is InChI=1S/C14H23NO2/c1-6-9-11(15-10-7-2)13-12(8-3)16-14(4,5)17-13/h6-8,11-13,15H,1-3,9-10H2,4-5H3/t11-,12+,13-/m0/s1. The van der Waals surface area contributed by atoms with E-state index in [4.69, 9.17) is 9.47 Å². The number of ether oxygens (including phenoxy) is 2. The van der Waals surface area contributed by atoms with Gasteiger partial charge in [0.15, 0.2) is 5.79 Å². The van der Waals surface area contributed by atoms with E-state index in [0.717, 1.165) is 13.0 Å². The van der Waals surface area contributed by atoms with Crippen LogP contribution >= 0.6 is 0 Å². The third kappa shape index (κ3) is 3.80. The molecule has 1 fully saturated rings. The number of nitrogens with one attached hydrogen (secondary N) is 1. The molecule has 0 aliphatic carbocycles. The predicted octanol–water partition coefficient (Wildman–Crippen LogP) is 2.41. The molecule has 0 aromatic heterocycles. The van der Waals surface area contributed by atoms with Crippen molar-refractivity contribution in [3.63, 3.8) is 0 Å². The van der Waals surface area contributed by atoms with Crippen LogP contribution in [-0.2, 0) is 9.47 Å². The Kier molecular flexibility index (Phi) is 5.12. The first-order valence-corrected chi connectivity index (χ1v) is 5.97. The Hall–Kier alpha value is -0.900. The van der Waals surface area contributed by atoms with E-state index in [-0.39, 0.29) is 18.2 Å². The minimum atomic E-state index is -0.557. The molecular weight excluding hydrogens is 214 g/mol. The van der Waals surface area contributed by atoms with E-state index in [9.17, 15) is 0 Å². The van der Waals surface area contributed by atoms with Gasteiger partial charge in [0.05, 0.1) is 0 Å². The summed E-state index contributed by atoms with van der Waals surface area (Å²) >= 11 is 0. The molecule has 3 nitrogen and oxygen atoms in total. The van der Waals surface area contributed by atoms with Gasteiger partial charge >= 0.3 is 0 Å². The molecule has 1 aliphatic rings. The average Bonchev–Trinajstić information content (AvgIpc) is 2.60. The van der Waals surface area contributed by atoms with Crippen molar-refractivity contribution in [3.05, 3.63) is 38.0 Å². The second-order valence-corrected chi connectivity index (χ2v) is 4.63. The Morgan fingerprint density at radius 1 is 1.24 bits per heavy atom. The fraction of sp³-hybridized carbons (Fsp3) is 0.571. The summed E-state index contributed by atoms with van der Waals surface area (Å²) in [7, 11) is 0. The SMILES string of the molecule is C=CCN[C@@H](CC=C)[C@@H]1OC(C)(C)O[C@@H]1C=C. The molecule has 1 N–H and O–H groups in total. The lowest BCUT2D eigenvalue weighted by Gasteiger charge is -2.25. The van der Waals surface area contributed by atoms with Crippen LogP contribution in [0.25, 0.3) is 0 Å². The van der Waals surface area contributed by atoms with E-state index in [2.05, 4.69) is 25.1 Å². The molecule has 0 aromatic rings. The highest BCUT2D eigenvalue weighted by molar-refractivity contribution is 5.00. The van der Waals surface area contributed by atoms with Crippen LogP contribution in [0.2, 0.25) is 0 Å². The summed E-state index contributed by atoms with van der Waals surface area (Å²) in [5, 5.41) is 3.37. The van der Waals surface area contributed by atoms with Crippen molar-refractivity contribution in [2.45, 2.75) is 44.3 Å². The molecule has 0 unspecified atom stereocenters. The van der Waals surface area contributed by atoms with Crippen molar-refractivity contribution in [1.29, 1.82) is 0 Å². The summed E-state index contributed by atoms with van der Waals surface area (Å²) in [6.07, 6.45) is 6.20. The van der Waals surface area contributed by atoms with Crippen LogP contribution in [0.1, 0.15) is 20.3 Å². The first kappa shape index (κ1) is 14.2. The Bertz CT molecular complexity index is 286. The molecule has 1 saturated heterocycles. The number of rotatable bonds is 7. The molecule has 1 rings (SSSR count). The van der Waals surface area contributed by atoms with E-state index < -0.39 is 5.79 Å². The van der Waals surface area contributed by atoms with Crippen molar-refractivity contribution < 1.29 is 9.47 Å². The summed E-state index contributed by atoms with van der Waals surface area (Å²) in [5.74, 6) is -0.557. The van der Waals surface area contributed by atoms with Gasteiger partial charge in [0, 0.05) is 12.6 Å². The smallest absolute Gasteiger partial charge is 0.164 e. The van der Waals surface area contributed by atoms with Gasteiger partial charge in [-0.3, -0.25) is 0 Å². The van der Waals surface area contributed by atoms with Crippen molar-refractivity contribution >= 4 is 0 Å². The highest BCUT2D eigenvalue weighted by Gasteiger charge is 2.43. The first-order chi connectivity index (χ1) is 8.04. The van der Waals surface area contributed by atoms with Gasteiger partial charge < -0.3 is 14.8 Å². The molecule has 0 aromatic carbocycles. The molecule has 1 aliphatic heterocycles. The molecule has 3 heteroatoms. The second kappa shape index (κ2) is 6.15. The summed E-state index contributed by atoms with van der Waals surface area (Å²) in [5.41, 5.74) is 0. The van der Waals surface area contributed by atoms with Crippen molar-refractivity contribution in [2.24, 2.45) is 0 Å². The minimum absolute atomic E-state index is 0.0413. The molecule has 1 heterocycles. The van der Waals surface area contributed by atoms with Gasteiger partial charge in [-0.15, -0.1) is 19.7 Å². The molecule has 0 radical (unpaired) electrons. The Labute approximate surface area is 104 Å². The maximum Gasteiger partial charge on any atom is 0.164 e. The Balaban J connectivity index is 2.73. The fourth-order valence-electron chi connectivity index (χ4n) is 2.06. The van der Waals surface area contributed by atoms with Crippen LogP contribution in [0.15, 0.2) is 38.0 Å². The zero-order valence-electron chi connectivity index (χ0n) is 10.8.